The van der Waals surface area contributed by atoms with Crippen molar-refractivity contribution in [3.8, 4) is 5.75 Å². The molecule has 0 bridgehead atoms. The molecule has 0 aliphatic rings. The molecule has 0 saturated heterocycles. The summed E-state index contributed by atoms with van der Waals surface area (Å²) < 4.78 is 48.5. The van der Waals surface area contributed by atoms with E-state index in [-0.39, 0.29) is 20.0 Å². The molecule has 1 rings (SSSR count). The lowest BCUT2D eigenvalue weighted by molar-refractivity contribution is -0.111. The van der Waals surface area contributed by atoms with Gasteiger partial charge in [0, 0.05) is 0 Å². The van der Waals surface area contributed by atoms with E-state index in [0.29, 0.717) is 6.61 Å². The highest BCUT2D eigenvalue weighted by Gasteiger charge is 2.13. The van der Waals surface area contributed by atoms with Crippen LogP contribution in [0, 0.1) is 0 Å². The van der Waals surface area contributed by atoms with Crippen molar-refractivity contribution >= 4 is 10.1 Å². The van der Waals surface area contributed by atoms with Gasteiger partial charge in [-0.25, -0.2) is 0 Å². The Hall–Kier alpha value is -1.45. The van der Waals surface area contributed by atoms with Crippen LogP contribution in [0.1, 0.15) is 38.2 Å². The highest BCUT2D eigenvalue weighted by molar-refractivity contribution is 7.86. The van der Waals surface area contributed by atoms with Crippen molar-refractivity contribution in [2.24, 2.45) is 0 Å². The van der Waals surface area contributed by atoms with E-state index in [2.05, 4.69) is 29.8 Å². The van der Waals surface area contributed by atoms with E-state index in [1.165, 1.54) is 31.2 Å². The van der Waals surface area contributed by atoms with Crippen LogP contribution in [0.4, 0.5) is 0 Å². The average molecular weight is 431 g/mol. The lowest BCUT2D eigenvalue weighted by atomic mass is 10.1. The van der Waals surface area contributed by atoms with E-state index in [4.69, 9.17) is 18.9 Å². The summed E-state index contributed by atoms with van der Waals surface area (Å²) in [4.78, 5) is 0. The minimum atomic E-state index is -3.69. The fourth-order valence-corrected chi connectivity index (χ4v) is 2.82. The second kappa shape index (κ2) is 15.4. The topological polar surface area (TPSA) is 80.3 Å². The van der Waals surface area contributed by atoms with Crippen LogP contribution in [-0.2, 0) is 34.9 Å². The third kappa shape index (κ3) is 12.7. The van der Waals surface area contributed by atoms with Gasteiger partial charge in [-0.3, -0.25) is 4.18 Å². The molecule has 0 radical (unpaired) electrons. The summed E-state index contributed by atoms with van der Waals surface area (Å²) in [6.07, 6.45) is 7.25. The van der Waals surface area contributed by atoms with Crippen molar-refractivity contribution in [3.63, 3.8) is 0 Å². The maximum atomic E-state index is 11.2. The summed E-state index contributed by atoms with van der Waals surface area (Å²) >= 11 is 0. The fraction of sp³-hybridized carbons (Fsp3) is 0.619. The number of unbranched alkanes of at least 4 members (excludes halogenated alkanes) is 3. The molecular weight excluding hydrogens is 396 g/mol. The van der Waals surface area contributed by atoms with Crippen molar-refractivity contribution in [3.05, 3.63) is 42.5 Å². The molecule has 0 N–H and O–H groups in total. The number of rotatable bonds is 18. The Bertz CT molecular complexity index is 643. The van der Waals surface area contributed by atoms with E-state index in [1.807, 2.05) is 12.1 Å². The summed E-state index contributed by atoms with van der Waals surface area (Å²) in [5, 5.41) is 0. The first kappa shape index (κ1) is 25.6. The minimum Gasteiger partial charge on any atom is -0.491 e. The molecule has 0 amide bonds. The molecule has 0 saturated carbocycles. The van der Waals surface area contributed by atoms with Gasteiger partial charge in [-0.15, -0.1) is 6.58 Å². The number of aryl methyl sites for hydroxylation is 1. The summed E-state index contributed by atoms with van der Waals surface area (Å²) in [5.41, 5.74) is 1.29. The van der Waals surface area contributed by atoms with Crippen LogP contribution in [-0.4, -0.2) is 54.2 Å². The third-order valence-corrected chi connectivity index (χ3v) is 5.05. The van der Waals surface area contributed by atoms with Crippen molar-refractivity contribution in [2.75, 3.05) is 39.7 Å². The zero-order chi connectivity index (χ0) is 21.4. The van der Waals surface area contributed by atoms with E-state index in [0.717, 1.165) is 19.3 Å². The third-order valence-electron chi connectivity index (χ3n) is 4.09. The molecular formula is C21H34O7S. The van der Waals surface area contributed by atoms with Crippen molar-refractivity contribution in [2.45, 2.75) is 45.1 Å². The number of hydrogen-bond donors (Lipinski definition) is 0. The lowest BCUT2D eigenvalue weighted by Gasteiger charge is -2.18. The van der Waals surface area contributed by atoms with Crippen LogP contribution >= 0.6 is 0 Å². The molecule has 0 heterocycles. The summed E-state index contributed by atoms with van der Waals surface area (Å²) in [7, 11) is -2.61. The van der Waals surface area contributed by atoms with Gasteiger partial charge in [-0.1, -0.05) is 44.4 Å². The second-order valence-corrected chi connectivity index (χ2v) is 8.23. The predicted molar refractivity (Wildman–Crippen MR) is 112 cm³/mol. The molecule has 0 aliphatic heterocycles. The van der Waals surface area contributed by atoms with Crippen LogP contribution in [0.2, 0.25) is 0 Å². The van der Waals surface area contributed by atoms with Crippen LogP contribution in [0.5, 0.6) is 5.75 Å². The fourth-order valence-electron chi connectivity index (χ4n) is 2.45. The number of hydrogen-bond acceptors (Lipinski definition) is 7. The Morgan fingerprint density at radius 2 is 1.83 bits per heavy atom. The van der Waals surface area contributed by atoms with Crippen LogP contribution in [0.3, 0.4) is 0 Å². The first-order valence-electron chi connectivity index (χ1n) is 9.88. The first-order valence-corrected chi connectivity index (χ1v) is 11.5. The van der Waals surface area contributed by atoms with Gasteiger partial charge in [0.25, 0.3) is 10.1 Å². The van der Waals surface area contributed by atoms with Gasteiger partial charge in [0.1, 0.15) is 25.3 Å². The van der Waals surface area contributed by atoms with Gasteiger partial charge in [0.2, 0.25) is 0 Å². The molecule has 8 heteroatoms. The molecule has 166 valence electrons. The van der Waals surface area contributed by atoms with Crippen molar-refractivity contribution in [1.82, 2.24) is 0 Å². The number of benzene rings is 1. The van der Waals surface area contributed by atoms with E-state index < -0.39 is 22.2 Å². The SMILES string of the molecule is C=CCOCC(COc1ccc(CCCCCC)cc1)OCOCS(=O)(=O)OC. The molecule has 29 heavy (non-hydrogen) atoms. The smallest absolute Gasteiger partial charge is 0.291 e. The number of ether oxygens (including phenoxy) is 4. The quantitative estimate of drug-likeness (QED) is 0.152. The lowest BCUT2D eigenvalue weighted by Crippen LogP contribution is -2.29. The Balaban J connectivity index is 2.42. The van der Waals surface area contributed by atoms with Gasteiger partial charge in [-0.05, 0) is 30.5 Å². The molecule has 1 aromatic carbocycles. The zero-order valence-electron chi connectivity index (χ0n) is 17.5. The average Bonchev–Trinajstić information content (AvgIpc) is 2.73. The second-order valence-electron chi connectivity index (χ2n) is 6.54. The standard InChI is InChI=1S/C21H34O7S/c1-4-6-7-8-9-19-10-12-20(13-11-19)27-16-21(15-25-14-5-2)28-17-26-18-29(22,23)24-3/h5,10-13,21H,2,4,6-9,14-18H2,1,3H3. The van der Waals surface area contributed by atoms with E-state index in [9.17, 15) is 8.42 Å². The molecule has 0 aliphatic carbocycles. The Labute approximate surface area is 175 Å². The van der Waals surface area contributed by atoms with Crippen molar-refractivity contribution in [1.29, 1.82) is 0 Å². The highest BCUT2D eigenvalue weighted by Crippen LogP contribution is 2.15. The first-order chi connectivity index (χ1) is 14.0. The van der Waals surface area contributed by atoms with Gasteiger partial charge >= 0.3 is 0 Å². The molecule has 1 aromatic rings. The Morgan fingerprint density at radius 3 is 2.48 bits per heavy atom. The largest absolute Gasteiger partial charge is 0.491 e. The highest BCUT2D eigenvalue weighted by atomic mass is 32.2. The van der Waals surface area contributed by atoms with E-state index in [1.54, 1.807) is 6.08 Å². The molecule has 0 fully saturated rings. The monoisotopic (exact) mass is 430 g/mol. The zero-order valence-corrected chi connectivity index (χ0v) is 18.3. The van der Waals surface area contributed by atoms with Gasteiger partial charge < -0.3 is 18.9 Å². The maximum absolute atomic E-state index is 11.2. The summed E-state index contributed by atoms with van der Waals surface area (Å²) in [6.45, 7) is 6.48. The molecule has 1 unspecified atom stereocenters. The normalized spacial score (nSPS) is 12.6. The minimum absolute atomic E-state index is 0.217. The summed E-state index contributed by atoms with van der Waals surface area (Å²) in [6, 6.07) is 8.03. The Kier molecular flexibility index (Phi) is 13.6. The Morgan fingerprint density at radius 1 is 1.07 bits per heavy atom. The van der Waals surface area contributed by atoms with Gasteiger partial charge in [0.15, 0.2) is 5.94 Å². The predicted octanol–water partition coefficient (Wildman–Crippen LogP) is 3.68. The van der Waals surface area contributed by atoms with Gasteiger partial charge in [0.05, 0.1) is 20.3 Å². The van der Waals surface area contributed by atoms with Crippen LogP contribution in [0.25, 0.3) is 0 Å². The van der Waals surface area contributed by atoms with E-state index >= 15 is 0 Å². The molecule has 0 aromatic heterocycles. The van der Waals surface area contributed by atoms with Crippen LogP contribution in [0.15, 0.2) is 36.9 Å². The maximum Gasteiger partial charge on any atom is 0.291 e. The molecule has 0 spiro atoms. The van der Waals surface area contributed by atoms with Crippen LogP contribution < -0.4 is 4.74 Å². The van der Waals surface area contributed by atoms with Crippen molar-refractivity contribution < 1.29 is 31.5 Å². The summed E-state index contributed by atoms with van der Waals surface area (Å²) in [5.74, 6) is 0.159. The van der Waals surface area contributed by atoms with Gasteiger partial charge in [-0.2, -0.15) is 8.42 Å². The molecule has 7 nitrogen and oxygen atoms in total. The molecule has 1 atom stereocenters.